The maximum absolute atomic E-state index is 13.1. The highest BCUT2D eigenvalue weighted by Gasteiger charge is 2.29. The van der Waals surface area contributed by atoms with Crippen LogP contribution in [0.25, 0.3) is 0 Å². The van der Waals surface area contributed by atoms with Gasteiger partial charge in [-0.05, 0) is 30.2 Å². The number of nitrogens with one attached hydrogen (secondary N) is 1. The molecule has 1 aliphatic heterocycles. The lowest BCUT2D eigenvalue weighted by molar-refractivity contribution is 0.0592. The maximum atomic E-state index is 13.1. The van der Waals surface area contributed by atoms with Crippen molar-refractivity contribution in [3.8, 4) is 0 Å². The van der Waals surface area contributed by atoms with Crippen molar-refractivity contribution < 1.29 is 4.79 Å². The monoisotopic (exact) mass is 469 g/mol. The highest BCUT2D eigenvalue weighted by Crippen LogP contribution is 2.30. The van der Waals surface area contributed by atoms with Gasteiger partial charge >= 0.3 is 0 Å². The Kier molecular flexibility index (Phi) is 6.65. The highest BCUT2D eigenvalue weighted by atomic mass is 32.1. The summed E-state index contributed by atoms with van der Waals surface area (Å²) in [5.74, 6) is 0.715. The predicted octanol–water partition coefficient (Wildman–Crippen LogP) is 5.14. The van der Waals surface area contributed by atoms with Crippen molar-refractivity contribution in [3.05, 3.63) is 107 Å². The van der Waals surface area contributed by atoms with Crippen molar-refractivity contribution in [2.75, 3.05) is 31.5 Å². The molecule has 34 heavy (non-hydrogen) atoms. The van der Waals surface area contributed by atoms with Crippen LogP contribution in [0.2, 0.25) is 0 Å². The second kappa shape index (κ2) is 10.2. The Balaban J connectivity index is 1.25. The molecule has 0 aliphatic carbocycles. The smallest absolute Gasteiger partial charge is 0.273 e. The fraction of sp³-hybridized carbons (Fsp3) is 0.222. The Bertz CT molecular complexity index is 1200. The average molecular weight is 470 g/mol. The summed E-state index contributed by atoms with van der Waals surface area (Å²) in [7, 11) is 0. The molecule has 0 spiro atoms. The van der Waals surface area contributed by atoms with Gasteiger partial charge in [-0.15, -0.1) is 11.3 Å². The molecule has 1 amide bonds. The Morgan fingerprint density at radius 2 is 1.50 bits per heavy atom. The molecule has 2 aromatic heterocycles. The molecule has 0 unspecified atom stereocenters. The highest BCUT2D eigenvalue weighted by molar-refractivity contribution is 7.14. The van der Waals surface area contributed by atoms with Gasteiger partial charge in [0, 0.05) is 37.3 Å². The molecule has 1 fully saturated rings. The number of aromatic nitrogens is 2. The molecule has 3 heterocycles. The van der Waals surface area contributed by atoms with Crippen LogP contribution < -0.4 is 5.32 Å². The molecule has 1 saturated heterocycles. The molecular weight excluding hydrogens is 442 g/mol. The number of anilines is 2. The van der Waals surface area contributed by atoms with E-state index in [1.807, 2.05) is 47.5 Å². The van der Waals surface area contributed by atoms with E-state index in [2.05, 4.69) is 68.7 Å². The van der Waals surface area contributed by atoms with Gasteiger partial charge < -0.3 is 10.2 Å². The van der Waals surface area contributed by atoms with Gasteiger partial charge in [0.25, 0.3) is 5.91 Å². The van der Waals surface area contributed by atoms with E-state index in [0.717, 1.165) is 24.6 Å². The van der Waals surface area contributed by atoms with E-state index in [4.69, 9.17) is 0 Å². The maximum Gasteiger partial charge on any atom is 0.273 e. The number of pyridine rings is 1. The lowest BCUT2D eigenvalue weighted by Crippen LogP contribution is -2.50. The molecule has 1 N–H and O–H groups in total. The molecule has 1 aliphatic rings. The summed E-state index contributed by atoms with van der Waals surface area (Å²) in [4.78, 5) is 26.5. The number of benzene rings is 2. The number of hydrogen-bond acceptors (Lipinski definition) is 6. The number of amides is 1. The molecule has 0 bridgehead atoms. The van der Waals surface area contributed by atoms with Crippen LogP contribution in [0, 0.1) is 6.92 Å². The van der Waals surface area contributed by atoms with E-state index < -0.39 is 0 Å². The zero-order valence-electron chi connectivity index (χ0n) is 19.1. The van der Waals surface area contributed by atoms with Gasteiger partial charge in [-0.2, -0.15) is 0 Å². The average Bonchev–Trinajstić information content (AvgIpc) is 3.34. The number of rotatable bonds is 6. The van der Waals surface area contributed by atoms with E-state index in [-0.39, 0.29) is 11.9 Å². The van der Waals surface area contributed by atoms with Crippen LogP contribution >= 0.6 is 11.3 Å². The van der Waals surface area contributed by atoms with Gasteiger partial charge in [-0.25, -0.2) is 9.97 Å². The third kappa shape index (κ3) is 5.00. The summed E-state index contributed by atoms with van der Waals surface area (Å²) in [6.07, 6.45) is 0. The Morgan fingerprint density at radius 3 is 2.12 bits per heavy atom. The van der Waals surface area contributed by atoms with Crippen LogP contribution in [0.3, 0.4) is 0 Å². The largest absolute Gasteiger partial charge is 0.335 e. The number of aryl methyl sites for hydroxylation is 1. The summed E-state index contributed by atoms with van der Waals surface area (Å²) in [6, 6.07) is 27.1. The van der Waals surface area contributed by atoms with Gasteiger partial charge in [-0.1, -0.05) is 66.7 Å². The Labute approximate surface area is 203 Å². The van der Waals surface area contributed by atoms with Crippen LogP contribution in [0.1, 0.15) is 33.4 Å². The molecule has 5 rings (SSSR count). The van der Waals surface area contributed by atoms with E-state index in [9.17, 15) is 4.79 Å². The van der Waals surface area contributed by atoms with Crippen molar-refractivity contribution >= 4 is 28.2 Å². The van der Waals surface area contributed by atoms with Crippen molar-refractivity contribution in [3.63, 3.8) is 0 Å². The zero-order valence-corrected chi connectivity index (χ0v) is 19.9. The van der Waals surface area contributed by atoms with Crippen molar-refractivity contribution in [1.29, 1.82) is 0 Å². The van der Waals surface area contributed by atoms with Gasteiger partial charge in [0.1, 0.15) is 11.5 Å². The molecule has 4 aromatic rings. The van der Waals surface area contributed by atoms with Gasteiger partial charge in [0.05, 0.1) is 6.04 Å². The summed E-state index contributed by atoms with van der Waals surface area (Å²) in [6.45, 7) is 4.91. The van der Waals surface area contributed by atoms with E-state index >= 15 is 0 Å². The lowest BCUT2D eigenvalue weighted by Gasteiger charge is -2.39. The molecule has 7 heteroatoms. The first-order valence-electron chi connectivity index (χ1n) is 11.5. The minimum atomic E-state index is -0.0166. The minimum absolute atomic E-state index is 0.0166. The zero-order chi connectivity index (χ0) is 23.3. The molecule has 172 valence electrons. The number of carbonyl (C=O) groups is 1. The summed E-state index contributed by atoms with van der Waals surface area (Å²) < 4.78 is 0. The third-order valence-corrected chi connectivity index (χ3v) is 6.80. The summed E-state index contributed by atoms with van der Waals surface area (Å²) in [5, 5.41) is 5.70. The molecular formula is C27H27N5OS. The fourth-order valence-corrected chi connectivity index (χ4v) is 5.07. The van der Waals surface area contributed by atoms with E-state index in [1.54, 1.807) is 0 Å². The third-order valence-electron chi connectivity index (χ3n) is 6.04. The molecule has 0 saturated carbocycles. The van der Waals surface area contributed by atoms with Crippen molar-refractivity contribution in [2.24, 2.45) is 0 Å². The number of carbonyl (C=O) groups excluding carboxylic acids is 1. The second-order valence-electron chi connectivity index (χ2n) is 8.38. The van der Waals surface area contributed by atoms with Crippen LogP contribution in [0.15, 0.2) is 84.2 Å². The van der Waals surface area contributed by atoms with Gasteiger partial charge in [-0.3, -0.25) is 9.69 Å². The first kappa shape index (κ1) is 22.3. The number of thiazole rings is 1. The van der Waals surface area contributed by atoms with Gasteiger partial charge in [0.15, 0.2) is 5.13 Å². The van der Waals surface area contributed by atoms with E-state index in [0.29, 0.717) is 23.9 Å². The minimum Gasteiger partial charge on any atom is -0.335 e. The predicted molar refractivity (Wildman–Crippen MR) is 137 cm³/mol. The van der Waals surface area contributed by atoms with Crippen LogP contribution in [-0.4, -0.2) is 51.9 Å². The second-order valence-corrected chi connectivity index (χ2v) is 9.24. The van der Waals surface area contributed by atoms with Crippen LogP contribution in [-0.2, 0) is 0 Å². The van der Waals surface area contributed by atoms with Crippen LogP contribution in [0.5, 0.6) is 0 Å². The first-order valence-corrected chi connectivity index (χ1v) is 12.3. The van der Waals surface area contributed by atoms with E-state index in [1.165, 1.54) is 22.5 Å². The molecule has 0 atom stereocenters. The fourth-order valence-electron chi connectivity index (χ4n) is 4.38. The molecule has 2 aromatic carbocycles. The topological polar surface area (TPSA) is 61.4 Å². The lowest BCUT2D eigenvalue weighted by atomic mass is 9.96. The normalized spacial score (nSPS) is 14.4. The van der Waals surface area contributed by atoms with Crippen molar-refractivity contribution in [2.45, 2.75) is 13.0 Å². The standard InChI is InChI=1S/C27H27N5OS/c1-20-9-8-14-24(28-20)30-27-29-23(19-34-27)26(33)32-17-15-31(16-18-32)25(21-10-4-2-5-11-21)22-12-6-3-7-13-22/h2-14,19,25H,15-18H2,1H3,(H,28,29,30). The van der Waals surface area contributed by atoms with Crippen LogP contribution in [0.4, 0.5) is 10.9 Å². The Morgan fingerprint density at radius 1 is 0.853 bits per heavy atom. The number of piperazine rings is 1. The summed E-state index contributed by atoms with van der Waals surface area (Å²) >= 11 is 1.42. The summed E-state index contributed by atoms with van der Waals surface area (Å²) in [5.41, 5.74) is 3.96. The van der Waals surface area contributed by atoms with Gasteiger partial charge in [0.2, 0.25) is 0 Å². The van der Waals surface area contributed by atoms with Crippen molar-refractivity contribution in [1.82, 2.24) is 19.8 Å². The number of hydrogen-bond donors (Lipinski definition) is 1. The Hall–Kier alpha value is -3.55. The SMILES string of the molecule is Cc1cccc(Nc2nc(C(=O)N3CCN(C(c4ccccc4)c4ccccc4)CC3)cs2)n1. The molecule has 0 radical (unpaired) electrons. The number of nitrogens with zero attached hydrogens (tertiary/aromatic N) is 4. The molecule has 6 nitrogen and oxygen atoms in total. The first-order chi connectivity index (χ1) is 16.7. The quantitative estimate of drug-likeness (QED) is 0.424.